The molecular weight excluding hydrogens is 294 g/mol. The first-order valence-corrected chi connectivity index (χ1v) is 8.07. The zero-order chi connectivity index (χ0) is 16.7. The van der Waals surface area contributed by atoms with Crippen molar-refractivity contribution in [3.8, 4) is 0 Å². The third kappa shape index (κ3) is 2.87. The van der Waals surface area contributed by atoms with Gasteiger partial charge in [0.1, 0.15) is 0 Å². The molecule has 0 bridgehead atoms. The average molecular weight is 317 g/mol. The first kappa shape index (κ1) is 15.7. The van der Waals surface area contributed by atoms with E-state index in [4.69, 9.17) is 5.73 Å². The van der Waals surface area contributed by atoms with Crippen molar-refractivity contribution in [1.82, 2.24) is 15.1 Å². The van der Waals surface area contributed by atoms with Gasteiger partial charge in [-0.05, 0) is 31.7 Å². The van der Waals surface area contributed by atoms with E-state index in [1.165, 1.54) is 0 Å². The Labute approximate surface area is 135 Å². The number of anilines is 1. The van der Waals surface area contributed by atoms with Crippen LogP contribution in [0.15, 0.2) is 0 Å². The Morgan fingerprint density at radius 3 is 2.26 bits per heavy atom. The maximum absolute atomic E-state index is 12.3. The Morgan fingerprint density at radius 2 is 1.74 bits per heavy atom. The van der Waals surface area contributed by atoms with Crippen molar-refractivity contribution in [2.75, 3.05) is 31.1 Å². The number of carbonyl (C=O) groups is 2. The molecule has 1 aromatic heterocycles. The van der Waals surface area contributed by atoms with Gasteiger partial charge in [-0.1, -0.05) is 6.92 Å². The van der Waals surface area contributed by atoms with Crippen LogP contribution in [0.3, 0.4) is 0 Å². The predicted molar refractivity (Wildman–Crippen MR) is 86.1 cm³/mol. The van der Waals surface area contributed by atoms with Crippen molar-refractivity contribution < 1.29 is 9.59 Å². The van der Waals surface area contributed by atoms with Crippen molar-refractivity contribution in [2.24, 2.45) is 17.6 Å². The molecule has 2 amide bonds. The van der Waals surface area contributed by atoms with E-state index in [0.29, 0.717) is 49.2 Å². The van der Waals surface area contributed by atoms with Gasteiger partial charge in [-0.25, -0.2) is 0 Å². The summed E-state index contributed by atoms with van der Waals surface area (Å²) in [5.74, 6) is 1.04. The zero-order valence-electron chi connectivity index (χ0n) is 13.9. The van der Waals surface area contributed by atoms with Gasteiger partial charge in [0, 0.05) is 32.1 Å². The normalized spacial score (nSPS) is 23.8. The summed E-state index contributed by atoms with van der Waals surface area (Å²) in [5, 5.41) is 8.30. The van der Waals surface area contributed by atoms with Gasteiger partial charge in [0.15, 0.2) is 5.82 Å². The van der Waals surface area contributed by atoms with Gasteiger partial charge in [-0.3, -0.25) is 9.59 Å². The largest absolute Gasteiger partial charge is 0.365 e. The van der Waals surface area contributed by atoms with Crippen molar-refractivity contribution in [3.63, 3.8) is 0 Å². The van der Waals surface area contributed by atoms with Crippen LogP contribution in [0.2, 0.25) is 0 Å². The molecule has 124 valence electrons. The van der Waals surface area contributed by atoms with Crippen molar-refractivity contribution >= 4 is 17.6 Å². The van der Waals surface area contributed by atoms with E-state index in [9.17, 15) is 9.59 Å². The summed E-state index contributed by atoms with van der Waals surface area (Å²) < 4.78 is 0. The lowest BCUT2D eigenvalue weighted by atomic mass is 10.1. The standard InChI is InChI=1S/C16H23N5O2/c1-9-8-12(9)16(23)21-6-4-20(5-7-21)15-13(14(17)22)10(2)11(3)18-19-15/h9,12H,4-8H2,1-3H3,(H2,17,22). The van der Waals surface area contributed by atoms with Crippen LogP contribution in [0.25, 0.3) is 0 Å². The summed E-state index contributed by atoms with van der Waals surface area (Å²) in [6.07, 6.45) is 1.01. The number of hydrogen-bond acceptors (Lipinski definition) is 5. The monoisotopic (exact) mass is 317 g/mol. The summed E-state index contributed by atoms with van der Waals surface area (Å²) in [5.41, 5.74) is 7.45. The minimum Gasteiger partial charge on any atom is -0.365 e. The van der Waals surface area contributed by atoms with E-state index in [1.807, 2.05) is 23.6 Å². The van der Waals surface area contributed by atoms with Gasteiger partial charge >= 0.3 is 0 Å². The van der Waals surface area contributed by atoms with E-state index in [0.717, 1.165) is 12.0 Å². The third-order valence-electron chi connectivity index (χ3n) is 5.00. The van der Waals surface area contributed by atoms with E-state index in [-0.39, 0.29) is 11.8 Å². The second-order valence-electron chi connectivity index (χ2n) is 6.61. The van der Waals surface area contributed by atoms with Crippen molar-refractivity contribution in [1.29, 1.82) is 0 Å². The Balaban J connectivity index is 1.74. The molecule has 23 heavy (non-hydrogen) atoms. The first-order valence-electron chi connectivity index (χ1n) is 8.07. The average Bonchev–Trinajstić information content (AvgIpc) is 3.26. The van der Waals surface area contributed by atoms with Crippen molar-refractivity contribution in [2.45, 2.75) is 27.2 Å². The van der Waals surface area contributed by atoms with Gasteiger partial charge in [-0.2, -0.15) is 5.10 Å². The summed E-state index contributed by atoms with van der Waals surface area (Å²) >= 11 is 0. The maximum Gasteiger partial charge on any atom is 0.252 e. The Bertz CT molecular complexity index is 652. The lowest BCUT2D eigenvalue weighted by Crippen LogP contribution is -2.50. The van der Waals surface area contributed by atoms with E-state index >= 15 is 0 Å². The molecule has 2 atom stereocenters. The highest BCUT2D eigenvalue weighted by Gasteiger charge is 2.42. The molecule has 2 heterocycles. The fourth-order valence-corrected chi connectivity index (χ4v) is 3.15. The Kier molecular flexibility index (Phi) is 3.95. The van der Waals surface area contributed by atoms with Crippen molar-refractivity contribution in [3.05, 3.63) is 16.8 Å². The highest BCUT2D eigenvalue weighted by molar-refractivity contribution is 5.99. The number of piperazine rings is 1. The molecule has 0 spiro atoms. The third-order valence-corrected chi connectivity index (χ3v) is 5.00. The van der Waals surface area contributed by atoms with E-state index in [2.05, 4.69) is 17.1 Å². The first-order chi connectivity index (χ1) is 10.9. The number of hydrogen-bond donors (Lipinski definition) is 1. The lowest BCUT2D eigenvalue weighted by molar-refractivity contribution is -0.133. The van der Waals surface area contributed by atoms with Crippen LogP contribution in [0, 0.1) is 25.7 Å². The zero-order valence-corrected chi connectivity index (χ0v) is 13.9. The summed E-state index contributed by atoms with van der Waals surface area (Å²) in [4.78, 5) is 28.0. The molecule has 1 aliphatic heterocycles. The van der Waals surface area contributed by atoms with Crippen LogP contribution in [0.1, 0.15) is 35.0 Å². The topological polar surface area (TPSA) is 92.4 Å². The van der Waals surface area contributed by atoms with E-state index < -0.39 is 5.91 Å². The summed E-state index contributed by atoms with van der Waals surface area (Å²) in [6, 6.07) is 0. The van der Waals surface area contributed by atoms with Gasteiger partial charge in [0.25, 0.3) is 5.91 Å². The molecule has 3 rings (SSSR count). The van der Waals surface area contributed by atoms with Crippen LogP contribution >= 0.6 is 0 Å². The molecule has 1 saturated heterocycles. The van der Waals surface area contributed by atoms with Crippen LogP contribution in [0.4, 0.5) is 5.82 Å². The van der Waals surface area contributed by atoms with Crippen LogP contribution in [-0.4, -0.2) is 53.1 Å². The predicted octanol–water partition coefficient (Wildman–Crippen LogP) is 0.497. The molecule has 2 fully saturated rings. The fourth-order valence-electron chi connectivity index (χ4n) is 3.15. The molecule has 1 aromatic rings. The molecule has 2 unspecified atom stereocenters. The Hall–Kier alpha value is -2.18. The number of amides is 2. The quantitative estimate of drug-likeness (QED) is 0.876. The minimum absolute atomic E-state index is 0.212. The number of rotatable bonds is 3. The minimum atomic E-state index is -0.485. The van der Waals surface area contributed by atoms with Crippen LogP contribution in [-0.2, 0) is 4.79 Å². The number of aryl methyl sites for hydroxylation is 1. The molecule has 2 aliphatic rings. The van der Waals surface area contributed by atoms with Crippen LogP contribution < -0.4 is 10.6 Å². The number of nitrogens with zero attached hydrogens (tertiary/aromatic N) is 4. The second kappa shape index (κ2) is 5.79. The van der Waals surface area contributed by atoms with Gasteiger partial charge in [0.2, 0.25) is 5.91 Å². The number of carbonyl (C=O) groups excluding carboxylic acids is 2. The number of primary amides is 1. The molecule has 7 heteroatoms. The van der Waals surface area contributed by atoms with Gasteiger partial charge in [-0.15, -0.1) is 5.10 Å². The highest BCUT2D eigenvalue weighted by Crippen LogP contribution is 2.39. The SMILES string of the molecule is Cc1nnc(N2CCN(C(=O)C3CC3C)CC2)c(C(N)=O)c1C. The van der Waals surface area contributed by atoms with E-state index in [1.54, 1.807) is 0 Å². The molecule has 2 N–H and O–H groups in total. The number of aromatic nitrogens is 2. The summed E-state index contributed by atoms with van der Waals surface area (Å²) in [6.45, 7) is 8.34. The molecule has 0 radical (unpaired) electrons. The molecule has 1 saturated carbocycles. The number of nitrogens with two attached hydrogens (primary N) is 1. The maximum atomic E-state index is 12.3. The lowest BCUT2D eigenvalue weighted by Gasteiger charge is -2.36. The smallest absolute Gasteiger partial charge is 0.252 e. The summed E-state index contributed by atoms with van der Waals surface area (Å²) in [7, 11) is 0. The molecule has 1 aliphatic carbocycles. The second-order valence-corrected chi connectivity index (χ2v) is 6.61. The van der Waals surface area contributed by atoms with Gasteiger partial charge < -0.3 is 15.5 Å². The Morgan fingerprint density at radius 1 is 1.13 bits per heavy atom. The molecule has 0 aromatic carbocycles. The molecule has 7 nitrogen and oxygen atoms in total. The van der Waals surface area contributed by atoms with Crippen LogP contribution in [0.5, 0.6) is 0 Å². The van der Waals surface area contributed by atoms with Gasteiger partial charge in [0.05, 0.1) is 11.3 Å². The highest BCUT2D eigenvalue weighted by atomic mass is 16.2. The molecular formula is C16H23N5O2. The fraction of sp³-hybridized carbons (Fsp3) is 0.625.